The smallest absolute Gasteiger partial charge is 0.298 e. The van der Waals surface area contributed by atoms with Crippen LogP contribution < -0.4 is 5.56 Å². The Labute approximate surface area is 177 Å². The Morgan fingerprint density at radius 2 is 1.68 bits per heavy atom. The standard InChI is InChI=1S/C21H18N4O5S/c1-12-7-8-14(9-13(12)2)25-21(27)17(11-22-25)23-24-20-16-6-4-3-5-15(16)19(10-18(20)26)31(28,29)30/h3-11,22,26H,1-2H3,(H,28,29,30). The number of aromatic hydroxyl groups is 1. The van der Waals surface area contributed by atoms with Crippen molar-refractivity contribution in [3.05, 3.63) is 76.2 Å². The molecule has 0 radical (unpaired) electrons. The van der Waals surface area contributed by atoms with Crippen LogP contribution in [0, 0.1) is 13.8 Å². The molecule has 0 spiro atoms. The highest BCUT2D eigenvalue weighted by atomic mass is 32.2. The highest BCUT2D eigenvalue weighted by Crippen LogP contribution is 2.39. The molecular formula is C21H18N4O5S. The van der Waals surface area contributed by atoms with E-state index in [9.17, 15) is 22.9 Å². The van der Waals surface area contributed by atoms with Crippen LogP contribution in [0.4, 0.5) is 11.4 Å². The fraction of sp³-hybridized carbons (Fsp3) is 0.0952. The van der Waals surface area contributed by atoms with E-state index in [1.54, 1.807) is 18.2 Å². The van der Waals surface area contributed by atoms with E-state index in [0.29, 0.717) is 5.69 Å². The number of nitrogens with zero attached hydrogens (tertiary/aromatic N) is 3. The summed E-state index contributed by atoms with van der Waals surface area (Å²) in [5.74, 6) is -0.500. The Kier molecular flexibility index (Phi) is 4.96. The largest absolute Gasteiger partial charge is 0.506 e. The van der Waals surface area contributed by atoms with E-state index in [0.717, 1.165) is 17.2 Å². The highest BCUT2D eigenvalue weighted by Gasteiger charge is 2.19. The van der Waals surface area contributed by atoms with Crippen LogP contribution in [0.1, 0.15) is 11.1 Å². The molecule has 1 aromatic heterocycles. The van der Waals surface area contributed by atoms with Crippen LogP contribution >= 0.6 is 0 Å². The zero-order valence-electron chi connectivity index (χ0n) is 16.6. The highest BCUT2D eigenvalue weighted by molar-refractivity contribution is 7.86. The second kappa shape index (κ2) is 7.49. The van der Waals surface area contributed by atoms with Gasteiger partial charge in [0, 0.05) is 16.8 Å². The lowest BCUT2D eigenvalue weighted by molar-refractivity contribution is 0.468. The molecule has 0 saturated heterocycles. The first kappa shape index (κ1) is 20.5. The number of aromatic nitrogens is 2. The molecule has 0 unspecified atom stereocenters. The van der Waals surface area contributed by atoms with Crippen molar-refractivity contribution in [3.63, 3.8) is 0 Å². The summed E-state index contributed by atoms with van der Waals surface area (Å²) < 4.78 is 34.1. The van der Waals surface area contributed by atoms with Crippen molar-refractivity contribution in [2.24, 2.45) is 10.2 Å². The molecule has 0 amide bonds. The normalized spacial score (nSPS) is 12.1. The third-order valence-electron chi connectivity index (χ3n) is 4.99. The van der Waals surface area contributed by atoms with Gasteiger partial charge in [-0.2, -0.15) is 8.42 Å². The SMILES string of the molecule is Cc1ccc(-n2[nH]cc(N=Nc3c(O)cc(S(=O)(=O)O)c4ccccc34)c2=O)cc1C. The number of H-pyrrole nitrogens is 1. The molecule has 0 fully saturated rings. The van der Waals surface area contributed by atoms with Gasteiger partial charge in [-0.05, 0) is 37.1 Å². The van der Waals surface area contributed by atoms with Crippen LogP contribution in [0.15, 0.2) is 74.6 Å². The van der Waals surface area contributed by atoms with Gasteiger partial charge in [0.2, 0.25) is 0 Å². The number of phenolic OH excluding ortho intramolecular Hbond substituents is 1. The fourth-order valence-electron chi connectivity index (χ4n) is 3.22. The zero-order valence-corrected chi connectivity index (χ0v) is 17.4. The minimum atomic E-state index is -4.57. The molecule has 0 aliphatic carbocycles. The van der Waals surface area contributed by atoms with Crippen molar-refractivity contribution in [2.75, 3.05) is 0 Å². The lowest BCUT2D eigenvalue weighted by Gasteiger charge is -2.08. The molecule has 10 heteroatoms. The topological polar surface area (TPSA) is 137 Å². The molecule has 3 N–H and O–H groups in total. The molecular weight excluding hydrogens is 420 g/mol. The predicted molar refractivity (Wildman–Crippen MR) is 115 cm³/mol. The van der Waals surface area contributed by atoms with E-state index in [1.807, 2.05) is 26.0 Å². The maximum atomic E-state index is 12.7. The minimum Gasteiger partial charge on any atom is -0.506 e. The summed E-state index contributed by atoms with van der Waals surface area (Å²) in [5.41, 5.74) is 2.30. The van der Waals surface area contributed by atoms with Gasteiger partial charge in [-0.1, -0.05) is 30.3 Å². The van der Waals surface area contributed by atoms with Crippen LogP contribution in [-0.2, 0) is 10.1 Å². The average Bonchev–Trinajstić information content (AvgIpc) is 3.08. The van der Waals surface area contributed by atoms with Crippen LogP contribution in [0.5, 0.6) is 5.75 Å². The molecule has 9 nitrogen and oxygen atoms in total. The van der Waals surface area contributed by atoms with E-state index in [1.165, 1.54) is 23.0 Å². The number of phenols is 1. The van der Waals surface area contributed by atoms with Gasteiger partial charge >= 0.3 is 0 Å². The van der Waals surface area contributed by atoms with Crippen molar-refractivity contribution in [2.45, 2.75) is 18.7 Å². The lowest BCUT2D eigenvalue weighted by atomic mass is 10.1. The maximum absolute atomic E-state index is 12.7. The fourth-order valence-corrected chi connectivity index (χ4v) is 3.94. The van der Waals surface area contributed by atoms with Crippen molar-refractivity contribution < 1.29 is 18.1 Å². The minimum absolute atomic E-state index is 0.000524. The molecule has 0 saturated carbocycles. The molecule has 4 rings (SSSR count). The molecule has 31 heavy (non-hydrogen) atoms. The molecule has 3 aromatic carbocycles. The van der Waals surface area contributed by atoms with Gasteiger partial charge in [-0.15, -0.1) is 10.2 Å². The Bertz CT molecular complexity index is 1520. The number of rotatable bonds is 4. The second-order valence-corrected chi connectivity index (χ2v) is 8.42. The van der Waals surface area contributed by atoms with Gasteiger partial charge in [0.15, 0.2) is 5.69 Å². The van der Waals surface area contributed by atoms with Crippen molar-refractivity contribution in [3.8, 4) is 11.4 Å². The summed E-state index contributed by atoms with van der Waals surface area (Å²) in [6, 6.07) is 12.7. The number of hydrogen-bond acceptors (Lipinski definition) is 6. The number of aryl methyl sites for hydroxylation is 2. The van der Waals surface area contributed by atoms with Crippen LogP contribution in [0.3, 0.4) is 0 Å². The van der Waals surface area contributed by atoms with E-state index in [4.69, 9.17) is 0 Å². The summed E-state index contributed by atoms with van der Waals surface area (Å²) in [6.45, 7) is 3.91. The van der Waals surface area contributed by atoms with E-state index >= 15 is 0 Å². The summed E-state index contributed by atoms with van der Waals surface area (Å²) in [6.07, 6.45) is 1.38. The molecule has 0 aliphatic rings. The Hall–Kier alpha value is -3.76. The van der Waals surface area contributed by atoms with Gasteiger partial charge < -0.3 is 5.11 Å². The second-order valence-electron chi connectivity index (χ2n) is 7.03. The van der Waals surface area contributed by atoms with Crippen molar-refractivity contribution in [1.29, 1.82) is 0 Å². The first-order valence-electron chi connectivity index (χ1n) is 9.19. The van der Waals surface area contributed by atoms with Crippen LogP contribution in [0.25, 0.3) is 16.5 Å². The summed E-state index contributed by atoms with van der Waals surface area (Å²) in [7, 11) is -4.57. The first-order chi connectivity index (χ1) is 14.7. The molecule has 0 aliphatic heterocycles. The Morgan fingerprint density at radius 1 is 0.968 bits per heavy atom. The van der Waals surface area contributed by atoms with Crippen molar-refractivity contribution in [1.82, 2.24) is 9.78 Å². The first-order valence-corrected chi connectivity index (χ1v) is 10.6. The van der Waals surface area contributed by atoms with E-state index in [2.05, 4.69) is 15.3 Å². The van der Waals surface area contributed by atoms with Gasteiger partial charge in [-0.3, -0.25) is 14.4 Å². The monoisotopic (exact) mass is 438 g/mol. The average molecular weight is 438 g/mol. The molecule has 4 aromatic rings. The number of azo groups is 1. The quantitative estimate of drug-likeness (QED) is 0.322. The Balaban J connectivity index is 1.80. The summed E-state index contributed by atoms with van der Waals surface area (Å²) in [5, 5.41) is 21.5. The van der Waals surface area contributed by atoms with Crippen LogP contribution in [-0.4, -0.2) is 27.9 Å². The predicted octanol–water partition coefficient (Wildman–Crippen LogP) is 4.30. The van der Waals surface area contributed by atoms with Gasteiger partial charge in [0.05, 0.1) is 11.9 Å². The van der Waals surface area contributed by atoms with Crippen molar-refractivity contribution >= 4 is 32.3 Å². The molecule has 1 heterocycles. The van der Waals surface area contributed by atoms with Gasteiger partial charge in [0.25, 0.3) is 15.7 Å². The number of fused-ring (bicyclic) bond motifs is 1. The summed E-state index contributed by atoms with van der Waals surface area (Å²) in [4.78, 5) is 12.3. The van der Waals surface area contributed by atoms with E-state index < -0.39 is 26.3 Å². The third-order valence-corrected chi connectivity index (χ3v) is 5.89. The van der Waals surface area contributed by atoms with E-state index in [-0.39, 0.29) is 22.1 Å². The van der Waals surface area contributed by atoms with Gasteiger partial charge in [0.1, 0.15) is 16.3 Å². The summed E-state index contributed by atoms with van der Waals surface area (Å²) >= 11 is 0. The number of benzene rings is 3. The lowest BCUT2D eigenvalue weighted by Crippen LogP contribution is -2.14. The Morgan fingerprint density at radius 3 is 2.35 bits per heavy atom. The number of nitrogens with one attached hydrogen (secondary N) is 1. The maximum Gasteiger partial charge on any atom is 0.298 e. The molecule has 0 bridgehead atoms. The number of hydrogen-bond donors (Lipinski definition) is 3. The third kappa shape index (κ3) is 3.74. The molecule has 0 atom stereocenters. The molecule has 158 valence electrons. The number of aromatic amines is 1. The van der Waals surface area contributed by atoms with Gasteiger partial charge in [-0.25, -0.2) is 4.68 Å². The van der Waals surface area contributed by atoms with Crippen LogP contribution in [0.2, 0.25) is 0 Å². The zero-order chi connectivity index (χ0) is 22.3.